The Labute approximate surface area is 140 Å². The van der Waals surface area contributed by atoms with Crippen LogP contribution in [0.25, 0.3) is 11.3 Å². The van der Waals surface area contributed by atoms with Gasteiger partial charge in [0.05, 0.1) is 13.3 Å². The van der Waals surface area contributed by atoms with Crippen LogP contribution in [0.4, 0.5) is 5.69 Å². The Bertz CT molecular complexity index is 812. The maximum Gasteiger partial charge on any atom is 0.224 e. The fourth-order valence-corrected chi connectivity index (χ4v) is 2.30. The Morgan fingerprint density at radius 2 is 2.00 bits per heavy atom. The van der Waals surface area contributed by atoms with Crippen molar-refractivity contribution in [3.63, 3.8) is 0 Å². The number of amides is 1. The summed E-state index contributed by atoms with van der Waals surface area (Å²) in [6.07, 6.45) is 2.43. The fraction of sp³-hybridized carbons (Fsp3) is 0.158. The van der Waals surface area contributed by atoms with E-state index in [1.807, 2.05) is 54.6 Å². The second-order valence-electron chi connectivity index (χ2n) is 5.26. The molecule has 5 nitrogen and oxygen atoms in total. The van der Waals surface area contributed by atoms with E-state index in [2.05, 4.69) is 10.3 Å². The van der Waals surface area contributed by atoms with Crippen molar-refractivity contribution in [2.75, 3.05) is 12.4 Å². The van der Waals surface area contributed by atoms with Gasteiger partial charge in [-0.3, -0.25) is 4.79 Å². The first-order valence-electron chi connectivity index (χ1n) is 7.68. The van der Waals surface area contributed by atoms with Gasteiger partial charge in [0.15, 0.2) is 11.7 Å². The van der Waals surface area contributed by atoms with E-state index in [1.54, 1.807) is 13.3 Å². The Morgan fingerprint density at radius 3 is 2.79 bits per heavy atom. The van der Waals surface area contributed by atoms with Crippen molar-refractivity contribution in [1.29, 1.82) is 0 Å². The summed E-state index contributed by atoms with van der Waals surface area (Å²) in [6, 6.07) is 16.9. The highest BCUT2D eigenvalue weighted by Gasteiger charge is 2.10. The fourth-order valence-electron chi connectivity index (χ4n) is 2.30. The number of nitrogens with zero attached hydrogens (tertiary/aromatic N) is 1. The number of benzene rings is 2. The molecular formula is C19H18N2O3. The molecule has 1 aromatic heterocycles. The molecule has 0 aliphatic heterocycles. The maximum absolute atomic E-state index is 11.9. The van der Waals surface area contributed by atoms with E-state index in [9.17, 15) is 4.79 Å². The topological polar surface area (TPSA) is 64.4 Å². The standard InChI is InChI=1S/C19H18N2O3/c1-23-16-9-5-6-14(12-16)17-13-20-19(24-17)11-10-18(22)21-15-7-3-2-4-8-15/h2-9,12-13H,10-11H2,1H3,(H,21,22). The molecule has 5 heteroatoms. The lowest BCUT2D eigenvalue weighted by molar-refractivity contribution is -0.116. The number of anilines is 1. The van der Waals surface area contributed by atoms with Crippen molar-refractivity contribution in [2.24, 2.45) is 0 Å². The van der Waals surface area contributed by atoms with Crippen LogP contribution in [-0.4, -0.2) is 18.0 Å². The number of methoxy groups -OCH3 is 1. The van der Waals surface area contributed by atoms with E-state index in [1.165, 1.54) is 0 Å². The largest absolute Gasteiger partial charge is 0.497 e. The molecule has 0 spiro atoms. The summed E-state index contributed by atoms with van der Waals surface area (Å²) in [5.74, 6) is 1.89. The lowest BCUT2D eigenvalue weighted by atomic mass is 10.2. The first kappa shape index (κ1) is 15.8. The summed E-state index contributed by atoms with van der Waals surface area (Å²) in [7, 11) is 1.62. The van der Waals surface area contributed by atoms with Crippen molar-refractivity contribution in [1.82, 2.24) is 4.98 Å². The molecule has 0 fully saturated rings. The number of ether oxygens (including phenoxy) is 1. The predicted molar refractivity (Wildman–Crippen MR) is 91.9 cm³/mol. The van der Waals surface area contributed by atoms with Crippen LogP contribution in [0.15, 0.2) is 65.2 Å². The molecule has 0 saturated heterocycles. The molecule has 1 heterocycles. The molecule has 0 aliphatic carbocycles. The first-order valence-corrected chi connectivity index (χ1v) is 7.68. The minimum Gasteiger partial charge on any atom is -0.497 e. The van der Waals surface area contributed by atoms with Gasteiger partial charge in [0.25, 0.3) is 0 Å². The van der Waals surface area contributed by atoms with Gasteiger partial charge >= 0.3 is 0 Å². The van der Waals surface area contributed by atoms with Crippen LogP contribution in [0.3, 0.4) is 0 Å². The maximum atomic E-state index is 11.9. The highest BCUT2D eigenvalue weighted by molar-refractivity contribution is 5.90. The smallest absolute Gasteiger partial charge is 0.224 e. The summed E-state index contributed by atoms with van der Waals surface area (Å²) in [4.78, 5) is 16.2. The number of aromatic nitrogens is 1. The number of para-hydroxylation sites is 1. The minimum atomic E-state index is -0.0673. The third-order valence-corrected chi connectivity index (χ3v) is 3.53. The lowest BCUT2D eigenvalue weighted by Gasteiger charge is -2.03. The molecule has 24 heavy (non-hydrogen) atoms. The number of hydrogen-bond donors (Lipinski definition) is 1. The highest BCUT2D eigenvalue weighted by Crippen LogP contribution is 2.24. The SMILES string of the molecule is COc1cccc(-c2cnc(CCC(=O)Nc3ccccc3)o2)c1. The van der Waals surface area contributed by atoms with Crippen LogP contribution in [0.2, 0.25) is 0 Å². The molecule has 1 amide bonds. The number of carbonyl (C=O) groups excluding carboxylic acids is 1. The zero-order valence-electron chi connectivity index (χ0n) is 13.4. The van der Waals surface area contributed by atoms with Gasteiger partial charge in [0, 0.05) is 24.1 Å². The number of aryl methyl sites for hydroxylation is 1. The number of oxazole rings is 1. The number of rotatable bonds is 6. The molecule has 0 saturated carbocycles. The Morgan fingerprint density at radius 1 is 1.17 bits per heavy atom. The molecule has 0 aliphatic rings. The summed E-state index contributed by atoms with van der Waals surface area (Å²) in [6.45, 7) is 0. The summed E-state index contributed by atoms with van der Waals surface area (Å²) >= 11 is 0. The van der Waals surface area contributed by atoms with E-state index in [4.69, 9.17) is 9.15 Å². The molecule has 0 atom stereocenters. The summed E-state index contributed by atoms with van der Waals surface area (Å²) < 4.78 is 10.9. The van der Waals surface area contributed by atoms with Crippen LogP contribution in [0.5, 0.6) is 5.75 Å². The third-order valence-electron chi connectivity index (χ3n) is 3.53. The monoisotopic (exact) mass is 322 g/mol. The van der Waals surface area contributed by atoms with Crippen LogP contribution in [0, 0.1) is 0 Å². The van der Waals surface area contributed by atoms with E-state index in [0.717, 1.165) is 17.0 Å². The molecule has 3 aromatic rings. The van der Waals surface area contributed by atoms with Crippen molar-refractivity contribution >= 4 is 11.6 Å². The van der Waals surface area contributed by atoms with Gasteiger partial charge in [-0.2, -0.15) is 0 Å². The van der Waals surface area contributed by atoms with Crippen molar-refractivity contribution in [3.8, 4) is 17.1 Å². The van der Waals surface area contributed by atoms with Gasteiger partial charge in [0.2, 0.25) is 5.91 Å². The Balaban J connectivity index is 1.59. The minimum absolute atomic E-state index is 0.0673. The van der Waals surface area contributed by atoms with Crippen molar-refractivity contribution < 1.29 is 13.9 Å². The van der Waals surface area contributed by atoms with Gasteiger partial charge in [-0.15, -0.1) is 0 Å². The Hall–Kier alpha value is -3.08. The van der Waals surface area contributed by atoms with E-state index < -0.39 is 0 Å². The second kappa shape index (κ2) is 7.46. The lowest BCUT2D eigenvalue weighted by Crippen LogP contribution is -2.12. The number of nitrogens with one attached hydrogen (secondary N) is 1. The van der Waals surface area contributed by atoms with Gasteiger partial charge in [0.1, 0.15) is 5.75 Å². The van der Waals surface area contributed by atoms with Crippen LogP contribution >= 0.6 is 0 Å². The van der Waals surface area contributed by atoms with Gasteiger partial charge in [-0.25, -0.2) is 4.98 Å². The Kier molecular flexibility index (Phi) is 4.91. The molecule has 0 radical (unpaired) electrons. The molecule has 0 unspecified atom stereocenters. The van der Waals surface area contributed by atoms with Crippen LogP contribution in [-0.2, 0) is 11.2 Å². The molecular weight excluding hydrogens is 304 g/mol. The van der Waals surface area contributed by atoms with Gasteiger partial charge in [-0.1, -0.05) is 30.3 Å². The molecule has 3 rings (SSSR count). The number of carbonyl (C=O) groups is 1. The summed E-state index contributed by atoms with van der Waals surface area (Å²) in [5, 5.41) is 2.84. The third kappa shape index (κ3) is 4.01. The number of hydrogen-bond acceptors (Lipinski definition) is 4. The normalized spacial score (nSPS) is 10.4. The predicted octanol–water partition coefficient (Wildman–Crippen LogP) is 3.92. The zero-order chi connectivity index (χ0) is 16.8. The highest BCUT2D eigenvalue weighted by atomic mass is 16.5. The van der Waals surface area contributed by atoms with Crippen molar-refractivity contribution in [3.05, 3.63) is 66.7 Å². The van der Waals surface area contributed by atoms with Crippen LogP contribution in [0.1, 0.15) is 12.3 Å². The second-order valence-corrected chi connectivity index (χ2v) is 5.26. The first-order chi connectivity index (χ1) is 11.7. The van der Waals surface area contributed by atoms with E-state index in [-0.39, 0.29) is 5.91 Å². The van der Waals surface area contributed by atoms with Gasteiger partial charge < -0.3 is 14.5 Å². The summed E-state index contributed by atoms with van der Waals surface area (Å²) in [5.41, 5.74) is 1.67. The quantitative estimate of drug-likeness (QED) is 0.747. The van der Waals surface area contributed by atoms with Gasteiger partial charge in [-0.05, 0) is 24.3 Å². The molecule has 1 N–H and O–H groups in total. The molecule has 2 aromatic carbocycles. The average molecular weight is 322 g/mol. The molecule has 122 valence electrons. The van der Waals surface area contributed by atoms with Crippen LogP contribution < -0.4 is 10.1 Å². The average Bonchev–Trinajstić information content (AvgIpc) is 3.10. The van der Waals surface area contributed by atoms with E-state index >= 15 is 0 Å². The zero-order valence-corrected chi connectivity index (χ0v) is 13.4. The van der Waals surface area contributed by atoms with E-state index in [0.29, 0.717) is 24.5 Å². The van der Waals surface area contributed by atoms with Crippen molar-refractivity contribution in [2.45, 2.75) is 12.8 Å². The molecule has 0 bridgehead atoms.